The van der Waals surface area contributed by atoms with Crippen molar-refractivity contribution >= 4 is 29.9 Å². The van der Waals surface area contributed by atoms with E-state index in [1.54, 1.807) is 25.3 Å². The molecule has 0 radical (unpaired) electrons. The maximum atomic E-state index is 9.99. The fraction of sp³-hybridized carbons (Fsp3) is 0.632. The van der Waals surface area contributed by atoms with E-state index in [0.29, 0.717) is 23.8 Å². The Morgan fingerprint density at radius 2 is 1.88 bits per heavy atom. The van der Waals surface area contributed by atoms with Crippen molar-refractivity contribution < 1.29 is 14.9 Å². The number of phenols is 1. The zero-order valence-corrected chi connectivity index (χ0v) is 18.7. The van der Waals surface area contributed by atoms with Gasteiger partial charge < -0.3 is 25.6 Å². The summed E-state index contributed by atoms with van der Waals surface area (Å²) in [6, 6.07) is 5.12. The monoisotopic (exact) mass is 479 g/mol. The van der Waals surface area contributed by atoms with Gasteiger partial charge in [0.15, 0.2) is 5.96 Å². The van der Waals surface area contributed by atoms with Crippen LogP contribution in [0.5, 0.6) is 11.5 Å². The van der Waals surface area contributed by atoms with Gasteiger partial charge in [-0.05, 0) is 49.8 Å². The highest BCUT2D eigenvalue weighted by atomic mass is 127. The molecule has 6 nitrogen and oxygen atoms in total. The van der Waals surface area contributed by atoms with Crippen molar-refractivity contribution in [1.29, 1.82) is 0 Å². The molecule has 150 valence electrons. The van der Waals surface area contributed by atoms with Crippen LogP contribution in [0.1, 0.15) is 45.6 Å². The molecule has 0 amide bonds. The number of aliphatic imine (C=N–C) groups is 1. The molecule has 0 saturated heterocycles. The van der Waals surface area contributed by atoms with Crippen molar-refractivity contribution in [3.63, 3.8) is 0 Å². The molecule has 0 fully saturated rings. The van der Waals surface area contributed by atoms with E-state index in [9.17, 15) is 10.2 Å². The largest absolute Gasteiger partial charge is 0.508 e. The van der Waals surface area contributed by atoms with Crippen molar-refractivity contribution in [3.8, 4) is 11.5 Å². The lowest BCUT2D eigenvalue weighted by Crippen LogP contribution is -2.43. The van der Waals surface area contributed by atoms with Gasteiger partial charge in [-0.1, -0.05) is 13.8 Å². The summed E-state index contributed by atoms with van der Waals surface area (Å²) in [5.41, 5.74) is 0.771. The molecule has 0 aliphatic heterocycles. The number of nitrogens with one attached hydrogen (secondary N) is 2. The molecular formula is C19H34IN3O3. The molecule has 0 unspecified atom stereocenters. The van der Waals surface area contributed by atoms with Gasteiger partial charge in [-0.3, -0.25) is 0 Å². The summed E-state index contributed by atoms with van der Waals surface area (Å²) in [4.78, 5) is 4.57. The molecule has 1 rings (SSSR count). The predicted molar refractivity (Wildman–Crippen MR) is 118 cm³/mol. The molecule has 0 spiro atoms. The normalized spacial score (nSPS) is 11.7. The number of hydrogen-bond acceptors (Lipinski definition) is 4. The standard InChI is InChI=1S/C19H33N3O3.HI/c1-5-19(6-2,10-11-23)14-22-18(20-7-3)21-13-15-12-16(25-4)8-9-17(15)24;/h8-9,12,23-24H,5-7,10-11,13-14H2,1-4H3,(H2,20,21,22);1H. The molecule has 0 bridgehead atoms. The Hall–Kier alpha value is -1.22. The summed E-state index contributed by atoms with van der Waals surface area (Å²) >= 11 is 0. The van der Waals surface area contributed by atoms with Crippen molar-refractivity contribution in [2.24, 2.45) is 10.4 Å². The van der Waals surface area contributed by atoms with Crippen molar-refractivity contribution in [3.05, 3.63) is 23.8 Å². The number of phenolic OH excluding ortho intramolecular Hbond substituents is 1. The van der Waals surface area contributed by atoms with E-state index in [1.165, 1.54) is 0 Å². The molecule has 26 heavy (non-hydrogen) atoms. The first-order valence-electron chi connectivity index (χ1n) is 9.03. The van der Waals surface area contributed by atoms with Crippen LogP contribution in [0.4, 0.5) is 0 Å². The molecule has 0 aliphatic carbocycles. The first kappa shape index (κ1) is 24.8. The Labute approximate surface area is 174 Å². The molecule has 0 aliphatic rings. The van der Waals surface area contributed by atoms with E-state index in [1.807, 2.05) is 6.92 Å². The van der Waals surface area contributed by atoms with Gasteiger partial charge in [0.25, 0.3) is 0 Å². The third kappa shape index (κ3) is 7.57. The van der Waals surface area contributed by atoms with Crippen molar-refractivity contribution in [2.45, 2.75) is 46.6 Å². The highest BCUT2D eigenvalue weighted by Gasteiger charge is 2.25. The van der Waals surface area contributed by atoms with Gasteiger partial charge in [0.05, 0.1) is 13.7 Å². The van der Waals surface area contributed by atoms with Crippen LogP contribution < -0.4 is 15.4 Å². The second kappa shape index (κ2) is 13.0. The second-order valence-electron chi connectivity index (χ2n) is 6.22. The minimum atomic E-state index is 0. The Balaban J connectivity index is 0.00000625. The minimum absolute atomic E-state index is 0. The quantitative estimate of drug-likeness (QED) is 0.235. The van der Waals surface area contributed by atoms with Crippen LogP contribution in [0.15, 0.2) is 23.2 Å². The average Bonchev–Trinajstić information content (AvgIpc) is 2.64. The summed E-state index contributed by atoms with van der Waals surface area (Å²) in [7, 11) is 1.60. The Bertz CT molecular complexity index is 549. The van der Waals surface area contributed by atoms with E-state index in [-0.39, 0.29) is 41.7 Å². The Morgan fingerprint density at radius 1 is 1.19 bits per heavy atom. The second-order valence-corrected chi connectivity index (χ2v) is 6.22. The number of ether oxygens (including phenoxy) is 1. The number of aliphatic hydroxyl groups excluding tert-OH is 1. The molecule has 0 atom stereocenters. The van der Waals surface area contributed by atoms with Crippen molar-refractivity contribution in [1.82, 2.24) is 10.6 Å². The van der Waals surface area contributed by atoms with Crippen LogP contribution in [-0.2, 0) is 6.54 Å². The van der Waals surface area contributed by atoms with Crippen LogP contribution >= 0.6 is 24.0 Å². The number of guanidine groups is 1. The van der Waals surface area contributed by atoms with Crippen molar-refractivity contribution in [2.75, 3.05) is 26.8 Å². The number of methoxy groups -OCH3 is 1. The maximum Gasteiger partial charge on any atom is 0.191 e. The van der Waals surface area contributed by atoms with Gasteiger partial charge in [0.1, 0.15) is 11.5 Å². The third-order valence-electron chi connectivity index (χ3n) is 4.81. The highest BCUT2D eigenvalue weighted by molar-refractivity contribution is 14.0. The van der Waals surface area contributed by atoms with Gasteiger partial charge >= 0.3 is 0 Å². The lowest BCUT2D eigenvalue weighted by molar-refractivity contribution is 0.169. The smallest absolute Gasteiger partial charge is 0.191 e. The Kier molecular flexibility index (Phi) is 12.4. The number of halogens is 1. The zero-order chi connectivity index (χ0) is 18.7. The van der Waals surface area contributed by atoms with E-state index < -0.39 is 0 Å². The number of aliphatic hydroxyl groups is 1. The molecule has 4 N–H and O–H groups in total. The van der Waals surface area contributed by atoms with Crippen LogP contribution in [0.2, 0.25) is 0 Å². The number of aromatic hydroxyl groups is 1. The van der Waals surface area contributed by atoms with Gasteiger partial charge in [0.2, 0.25) is 0 Å². The summed E-state index contributed by atoms with van der Waals surface area (Å²) in [5, 5.41) is 25.9. The third-order valence-corrected chi connectivity index (χ3v) is 4.81. The molecule has 0 aromatic heterocycles. The van der Waals surface area contributed by atoms with Gasteiger partial charge in [0, 0.05) is 25.3 Å². The van der Waals surface area contributed by atoms with E-state index in [0.717, 1.165) is 32.4 Å². The average molecular weight is 479 g/mol. The zero-order valence-electron chi connectivity index (χ0n) is 16.3. The predicted octanol–water partition coefficient (Wildman–Crippen LogP) is 3.26. The maximum absolute atomic E-state index is 9.99. The summed E-state index contributed by atoms with van der Waals surface area (Å²) in [5.74, 6) is 1.60. The number of nitrogens with zero attached hydrogens (tertiary/aromatic N) is 1. The minimum Gasteiger partial charge on any atom is -0.508 e. The number of hydrogen-bond donors (Lipinski definition) is 4. The van der Waals surface area contributed by atoms with Crippen LogP contribution in [-0.4, -0.2) is 43.0 Å². The van der Waals surface area contributed by atoms with Gasteiger partial charge in [-0.25, -0.2) is 4.99 Å². The highest BCUT2D eigenvalue weighted by Crippen LogP contribution is 2.29. The molecule has 1 aromatic carbocycles. The molecule has 7 heteroatoms. The van der Waals surface area contributed by atoms with E-state index in [2.05, 4.69) is 29.5 Å². The summed E-state index contributed by atoms with van der Waals surface area (Å²) < 4.78 is 5.20. The van der Waals surface area contributed by atoms with Crippen LogP contribution in [0, 0.1) is 5.41 Å². The lowest BCUT2D eigenvalue weighted by Gasteiger charge is -2.32. The lowest BCUT2D eigenvalue weighted by atomic mass is 9.79. The van der Waals surface area contributed by atoms with Gasteiger partial charge in [-0.15, -0.1) is 24.0 Å². The molecular weight excluding hydrogens is 445 g/mol. The number of benzene rings is 1. The van der Waals surface area contributed by atoms with Crippen LogP contribution in [0.25, 0.3) is 0 Å². The van der Waals surface area contributed by atoms with E-state index in [4.69, 9.17) is 4.74 Å². The SMILES string of the molecule is CCNC(=NCc1cc(OC)ccc1O)NCC(CC)(CC)CCO.I. The Morgan fingerprint density at radius 3 is 2.42 bits per heavy atom. The number of rotatable bonds is 10. The first-order valence-corrected chi connectivity index (χ1v) is 9.03. The summed E-state index contributed by atoms with van der Waals surface area (Å²) in [6.45, 7) is 8.36. The van der Waals surface area contributed by atoms with Gasteiger partial charge in [-0.2, -0.15) is 0 Å². The topological polar surface area (TPSA) is 86.1 Å². The first-order chi connectivity index (χ1) is 12.0. The fourth-order valence-electron chi connectivity index (χ4n) is 2.77. The molecule has 0 saturated carbocycles. The fourth-order valence-corrected chi connectivity index (χ4v) is 2.77. The van der Waals surface area contributed by atoms with Crippen LogP contribution in [0.3, 0.4) is 0 Å². The summed E-state index contributed by atoms with van der Waals surface area (Å²) in [6.07, 6.45) is 2.75. The molecule has 1 aromatic rings. The van der Waals surface area contributed by atoms with E-state index >= 15 is 0 Å². The molecule has 0 heterocycles.